The summed E-state index contributed by atoms with van der Waals surface area (Å²) < 4.78 is 32.7. The van der Waals surface area contributed by atoms with E-state index < -0.39 is 10.0 Å². The zero-order valence-electron chi connectivity index (χ0n) is 17.7. The van der Waals surface area contributed by atoms with Crippen LogP contribution in [-0.4, -0.2) is 51.1 Å². The Morgan fingerprint density at radius 2 is 1.87 bits per heavy atom. The monoisotopic (exact) mass is 443 g/mol. The molecule has 1 heterocycles. The van der Waals surface area contributed by atoms with Gasteiger partial charge in [-0.05, 0) is 55.2 Å². The number of benzene rings is 2. The third-order valence-corrected chi connectivity index (χ3v) is 7.04. The molecule has 31 heavy (non-hydrogen) atoms. The first-order valence-electron chi connectivity index (χ1n) is 10.7. The van der Waals surface area contributed by atoms with Crippen LogP contribution in [0.25, 0.3) is 0 Å². The second-order valence-corrected chi connectivity index (χ2v) is 10.1. The van der Waals surface area contributed by atoms with Gasteiger partial charge in [-0.2, -0.15) is 0 Å². The van der Waals surface area contributed by atoms with Gasteiger partial charge < -0.3 is 10.1 Å². The fraction of sp³-hybridized carbons (Fsp3) is 0.435. The molecule has 0 spiro atoms. The summed E-state index contributed by atoms with van der Waals surface area (Å²) in [6.07, 6.45) is 2.01. The smallest absolute Gasteiger partial charge is 0.251 e. The van der Waals surface area contributed by atoms with Gasteiger partial charge in [0.2, 0.25) is 10.0 Å². The number of carbonyl (C=O) groups is 1. The van der Waals surface area contributed by atoms with Crippen LogP contribution in [0.5, 0.6) is 0 Å². The van der Waals surface area contributed by atoms with Gasteiger partial charge in [-0.25, -0.2) is 13.1 Å². The molecule has 1 amide bonds. The molecule has 2 aromatic rings. The molecule has 1 aliphatic carbocycles. The van der Waals surface area contributed by atoms with Crippen molar-refractivity contribution in [1.82, 2.24) is 14.9 Å². The highest BCUT2D eigenvalue weighted by atomic mass is 32.2. The van der Waals surface area contributed by atoms with Crippen molar-refractivity contribution in [3.63, 3.8) is 0 Å². The summed E-state index contributed by atoms with van der Waals surface area (Å²) in [5.41, 5.74) is 2.67. The van der Waals surface area contributed by atoms with Crippen molar-refractivity contribution < 1.29 is 17.9 Å². The van der Waals surface area contributed by atoms with Crippen molar-refractivity contribution in [3.05, 3.63) is 65.2 Å². The Hall–Kier alpha value is -2.26. The Kier molecular flexibility index (Phi) is 6.71. The van der Waals surface area contributed by atoms with Gasteiger partial charge in [-0.15, -0.1) is 0 Å². The molecular formula is C23H29N3O4S. The number of nitrogens with zero attached hydrogens (tertiary/aromatic N) is 1. The van der Waals surface area contributed by atoms with Crippen LogP contribution >= 0.6 is 0 Å². The van der Waals surface area contributed by atoms with Gasteiger partial charge in [-0.1, -0.05) is 24.3 Å². The van der Waals surface area contributed by atoms with E-state index in [0.29, 0.717) is 12.1 Å². The topological polar surface area (TPSA) is 87.7 Å². The average molecular weight is 444 g/mol. The van der Waals surface area contributed by atoms with E-state index in [1.54, 1.807) is 12.1 Å². The molecule has 4 rings (SSSR count). The highest BCUT2D eigenvalue weighted by molar-refractivity contribution is 7.89. The third-order valence-electron chi connectivity index (χ3n) is 5.50. The van der Waals surface area contributed by atoms with Gasteiger partial charge in [0.25, 0.3) is 5.91 Å². The molecular weight excluding hydrogens is 414 g/mol. The Bertz CT molecular complexity index is 1020. The maximum Gasteiger partial charge on any atom is 0.251 e. The van der Waals surface area contributed by atoms with Crippen LogP contribution in [-0.2, 0) is 27.8 Å². The average Bonchev–Trinajstić information content (AvgIpc) is 3.56. The number of carbonyl (C=O) groups excluding carboxylic acids is 1. The minimum absolute atomic E-state index is 0.0513. The van der Waals surface area contributed by atoms with Gasteiger partial charge in [0, 0.05) is 37.8 Å². The summed E-state index contributed by atoms with van der Waals surface area (Å²) >= 11 is 0. The van der Waals surface area contributed by atoms with Crippen LogP contribution in [0.15, 0.2) is 53.4 Å². The summed E-state index contributed by atoms with van der Waals surface area (Å²) in [6, 6.07) is 14.3. The number of amides is 1. The van der Waals surface area contributed by atoms with E-state index in [9.17, 15) is 13.2 Å². The molecule has 0 bridgehead atoms. The molecule has 0 aromatic heterocycles. The Balaban J connectivity index is 1.32. The molecule has 166 valence electrons. The maximum atomic E-state index is 12.5. The Labute approximate surface area is 183 Å². The van der Waals surface area contributed by atoms with Crippen LogP contribution in [0.3, 0.4) is 0 Å². The molecule has 1 aliphatic heterocycles. The highest BCUT2D eigenvalue weighted by Gasteiger charge is 2.28. The normalized spacial score (nSPS) is 19.8. The minimum Gasteiger partial charge on any atom is -0.376 e. The zero-order valence-corrected chi connectivity index (χ0v) is 18.5. The van der Waals surface area contributed by atoms with E-state index in [1.165, 1.54) is 17.7 Å². The lowest BCUT2D eigenvalue weighted by molar-refractivity contribution is -0.0212. The number of ether oxygens (including phenoxy) is 1. The molecule has 0 radical (unpaired) electrons. The van der Waals surface area contributed by atoms with Gasteiger partial charge in [-0.3, -0.25) is 9.69 Å². The number of nitrogens with one attached hydrogen (secondary N) is 2. The molecule has 1 saturated carbocycles. The van der Waals surface area contributed by atoms with Crippen molar-refractivity contribution in [2.24, 2.45) is 0 Å². The molecule has 1 atom stereocenters. The van der Waals surface area contributed by atoms with Crippen molar-refractivity contribution in [3.8, 4) is 0 Å². The van der Waals surface area contributed by atoms with E-state index in [1.807, 2.05) is 12.1 Å². The standard InChI is InChI=1S/C23H29N3O4S/c1-17-15-26(11-12-30-17)16-19-4-2-3-18(13-19)14-24-23(27)20-5-9-22(10-6-20)31(28,29)25-21-7-8-21/h2-6,9-10,13,17,21,25H,7-8,11-12,14-16H2,1H3,(H,24,27). The molecule has 8 heteroatoms. The minimum atomic E-state index is -3.51. The third kappa shape index (κ3) is 6.13. The largest absolute Gasteiger partial charge is 0.376 e. The quantitative estimate of drug-likeness (QED) is 0.654. The fourth-order valence-corrected chi connectivity index (χ4v) is 4.99. The van der Waals surface area contributed by atoms with Crippen LogP contribution < -0.4 is 10.0 Å². The summed E-state index contributed by atoms with van der Waals surface area (Å²) in [5.74, 6) is -0.230. The lowest BCUT2D eigenvalue weighted by Gasteiger charge is -2.31. The number of hydrogen-bond acceptors (Lipinski definition) is 5. The SMILES string of the molecule is CC1CN(Cc2cccc(CNC(=O)c3ccc(S(=O)(=O)NC4CC4)cc3)c2)CCO1. The van der Waals surface area contributed by atoms with Crippen molar-refractivity contribution >= 4 is 15.9 Å². The zero-order chi connectivity index (χ0) is 21.8. The summed E-state index contributed by atoms with van der Waals surface area (Å²) in [7, 11) is -3.51. The lowest BCUT2D eigenvalue weighted by atomic mass is 10.1. The predicted molar refractivity (Wildman–Crippen MR) is 118 cm³/mol. The predicted octanol–water partition coefficient (Wildman–Crippen LogP) is 2.28. The molecule has 1 unspecified atom stereocenters. The highest BCUT2D eigenvalue weighted by Crippen LogP contribution is 2.22. The van der Waals surface area contributed by atoms with Gasteiger partial charge in [0.1, 0.15) is 0 Å². The lowest BCUT2D eigenvalue weighted by Crippen LogP contribution is -2.40. The van der Waals surface area contributed by atoms with E-state index in [2.05, 4.69) is 34.0 Å². The first kappa shape index (κ1) is 22.0. The fourth-order valence-electron chi connectivity index (χ4n) is 3.69. The van der Waals surface area contributed by atoms with Crippen LogP contribution in [0.4, 0.5) is 0 Å². The maximum absolute atomic E-state index is 12.5. The molecule has 1 saturated heterocycles. The van der Waals surface area contributed by atoms with E-state index in [4.69, 9.17) is 4.74 Å². The van der Waals surface area contributed by atoms with Crippen LogP contribution in [0, 0.1) is 0 Å². The molecule has 2 aromatic carbocycles. The van der Waals surface area contributed by atoms with Gasteiger partial charge >= 0.3 is 0 Å². The second-order valence-electron chi connectivity index (χ2n) is 8.34. The summed E-state index contributed by atoms with van der Waals surface area (Å²) in [4.78, 5) is 15.1. The molecule has 7 nitrogen and oxygen atoms in total. The Morgan fingerprint density at radius 3 is 2.58 bits per heavy atom. The molecule has 2 aliphatic rings. The summed E-state index contributed by atoms with van der Waals surface area (Å²) in [5, 5.41) is 2.92. The van der Waals surface area contributed by atoms with E-state index in [0.717, 1.165) is 44.6 Å². The molecule has 2 fully saturated rings. The van der Waals surface area contributed by atoms with Crippen LogP contribution in [0.1, 0.15) is 41.3 Å². The van der Waals surface area contributed by atoms with Crippen molar-refractivity contribution in [1.29, 1.82) is 0 Å². The van der Waals surface area contributed by atoms with Crippen molar-refractivity contribution in [2.75, 3.05) is 19.7 Å². The second kappa shape index (κ2) is 9.48. The number of sulfonamides is 1. The number of hydrogen-bond donors (Lipinski definition) is 2. The van der Waals surface area contributed by atoms with Crippen LogP contribution in [0.2, 0.25) is 0 Å². The number of rotatable bonds is 8. The van der Waals surface area contributed by atoms with Crippen molar-refractivity contribution in [2.45, 2.75) is 49.9 Å². The van der Waals surface area contributed by atoms with E-state index >= 15 is 0 Å². The van der Waals surface area contributed by atoms with Gasteiger partial charge in [0.15, 0.2) is 0 Å². The summed E-state index contributed by atoms with van der Waals surface area (Å²) in [6.45, 7) is 5.96. The Morgan fingerprint density at radius 1 is 1.13 bits per heavy atom. The van der Waals surface area contributed by atoms with E-state index in [-0.39, 0.29) is 22.9 Å². The molecule has 2 N–H and O–H groups in total. The first-order valence-corrected chi connectivity index (χ1v) is 12.2. The first-order chi connectivity index (χ1) is 14.9. The number of morpholine rings is 1. The van der Waals surface area contributed by atoms with Gasteiger partial charge in [0.05, 0.1) is 17.6 Å².